The molecule has 0 radical (unpaired) electrons. The smallest absolute Gasteiger partial charge is 0.310 e. The molecular formula is C13H17F2NO2. The van der Waals surface area contributed by atoms with E-state index < -0.39 is 29.6 Å². The van der Waals surface area contributed by atoms with Crippen LogP contribution in [0.15, 0.2) is 18.2 Å². The number of carbonyl (C=O) groups excluding carboxylic acids is 1. The van der Waals surface area contributed by atoms with Gasteiger partial charge in [-0.05, 0) is 19.5 Å². The van der Waals surface area contributed by atoms with Crippen LogP contribution in [0, 0.1) is 17.6 Å². The van der Waals surface area contributed by atoms with Crippen molar-refractivity contribution in [1.29, 1.82) is 0 Å². The number of hydrogen-bond acceptors (Lipinski definition) is 3. The number of halogens is 2. The third-order valence-electron chi connectivity index (χ3n) is 2.95. The molecule has 0 bridgehead atoms. The molecule has 0 amide bonds. The number of benzene rings is 1. The van der Waals surface area contributed by atoms with Gasteiger partial charge in [0.05, 0.1) is 13.0 Å². The lowest BCUT2D eigenvalue weighted by molar-refractivity contribution is -0.146. The monoisotopic (exact) mass is 257 g/mol. The highest BCUT2D eigenvalue weighted by Gasteiger charge is 2.29. The molecule has 2 unspecified atom stereocenters. The number of methoxy groups -OCH3 is 1. The highest BCUT2D eigenvalue weighted by molar-refractivity contribution is 5.73. The summed E-state index contributed by atoms with van der Waals surface area (Å²) in [5.74, 6) is -2.24. The fourth-order valence-corrected chi connectivity index (χ4v) is 2.02. The Morgan fingerprint density at radius 1 is 1.44 bits per heavy atom. The third kappa shape index (κ3) is 3.04. The van der Waals surface area contributed by atoms with Crippen LogP contribution in [0.2, 0.25) is 0 Å². The van der Waals surface area contributed by atoms with Crippen LogP contribution in [0.4, 0.5) is 8.78 Å². The van der Waals surface area contributed by atoms with Gasteiger partial charge >= 0.3 is 5.97 Å². The number of hydrogen-bond donors (Lipinski definition) is 1. The molecule has 1 N–H and O–H groups in total. The second-order valence-electron chi connectivity index (χ2n) is 3.97. The van der Waals surface area contributed by atoms with Crippen LogP contribution in [0.3, 0.4) is 0 Å². The summed E-state index contributed by atoms with van der Waals surface area (Å²) in [5, 5.41) is 2.88. The summed E-state index contributed by atoms with van der Waals surface area (Å²) in [5.41, 5.74) is 0.260. The fourth-order valence-electron chi connectivity index (χ4n) is 2.02. The molecule has 100 valence electrons. The Morgan fingerprint density at radius 2 is 2.11 bits per heavy atom. The first-order chi connectivity index (χ1) is 8.54. The van der Waals surface area contributed by atoms with E-state index in [1.54, 1.807) is 7.05 Å². The van der Waals surface area contributed by atoms with Gasteiger partial charge in [0.1, 0.15) is 11.6 Å². The highest BCUT2D eigenvalue weighted by Crippen LogP contribution is 2.27. The molecule has 0 aliphatic carbocycles. The van der Waals surface area contributed by atoms with Crippen molar-refractivity contribution >= 4 is 5.97 Å². The summed E-state index contributed by atoms with van der Waals surface area (Å²) in [6.45, 7) is 1.81. The molecule has 0 aliphatic rings. The molecule has 0 saturated heterocycles. The molecular weight excluding hydrogens is 240 g/mol. The zero-order valence-electron chi connectivity index (χ0n) is 10.7. The zero-order chi connectivity index (χ0) is 13.7. The van der Waals surface area contributed by atoms with E-state index in [-0.39, 0.29) is 5.56 Å². The number of esters is 1. The van der Waals surface area contributed by atoms with E-state index in [4.69, 9.17) is 4.74 Å². The van der Waals surface area contributed by atoms with Crippen LogP contribution >= 0.6 is 0 Å². The second-order valence-corrected chi connectivity index (χ2v) is 3.97. The minimum atomic E-state index is -0.670. The molecule has 0 aliphatic heterocycles. The van der Waals surface area contributed by atoms with Crippen molar-refractivity contribution in [3.63, 3.8) is 0 Å². The topological polar surface area (TPSA) is 38.3 Å². The first-order valence-corrected chi connectivity index (χ1v) is 5.75. The van der Waals surface area contributed by atoms with Gasteiger partial charge in [-0.25, -0.2) is 8.78 Å². The maximum atomic E-state index is 13.7. The van der Waals surface area contributed by atoms with E-state index in [1.807, 2.05) is 6.92 Å². The van der Waals surface area contributed by atoms with Gasteiger partial charge in [0.15, 0.2) is 0 Å². The van der Waals surface area contributed by atoms with Crippen LogP contribution < -0.4 is 5.32 Å². The van der Waals surface area contributed by atoms with Gasteiger partial charge < -0.3 is 10.1 Å². The molecule has 18 heavy (non-hydrogen) atoms. The molecule has 0 fully saturated rings. The van der Waals surface area contributed by atoms with Crippen LogP contribution in [-0.2, 0) is 9.53 Å². The predicted molar refractivity (Wildman–Crippen MR) is 64.0 cm³/mol. The van der Waals surface area contributed by atoms with Crippen LogP contribution in [0.1, 0.15) is 24.9 Å². The van der Waals surface area contributed by atoms with Gasteiger partial charge in [0, 0.05) is 17.7 Å². The summed E-state index contributed by atoms with van der Waals surface area (Å²) in [7, 11) is 2.91. The molecule has 0 spiro atoms. The quantitative estimate of drug-likeness (QED) is 0.823. The minimum absolute atomic E-state index is 0.260. The van der Waals surface area contributed by atoms with Gasteiger partial charge in [-0.2, -0.15) is 0 Å². The fraction of sp³-hybridized carbons (Fsp3) is 0.462. The summed E-state index contributed by atoms with van der Waals surface area (Å²) in [6, 6.07) is 2.79. The van der Waals surface area contributed by atoms with E-state index in [9.17, 15) is 13.6 Å². The van der Waals surface area contributed by atoms with E-state index in [2.05, 4.69) is 5.32 Å². The van der Waals surface area contributed by atoms with Gasteiger partial charge in [-0.15, -0.1) is 0 Å². The Labute approximate surface area is 105 Å². The Kier molecular flexibility index (Phi) is 5.22. The Balaban J connectivity index is 3.11. The van der Waals surface area contributed by atoms with E-state index in [0.717, 1.165) is 6.07 Å². The first kappa shape index (κ1) is 14.6. The lowest BCUT2D eigenvalue weighted by atomic mass is 9.90. The predicted octanol–water partition coefficient (Wildman–Crippen LogP) is 2.42. The highest BCUT2D eigenvalue weighted by atomic mass is 19.1. The molecule has 5 heteroatoms. The van der Waals surface area contributed by atoms with Crippen LogP contribution in [0.25, 0.3) is 0 Å². The Bertz CT molecular complexity index is 423. The summed E-state index contributed by atoms with van der Waals surface area (Å²) in [4.78, 5) is 11.6. The standard InChI is InChI=1S/C13H17F2NO2/c1-4-9(13(17)18-3)12(16-2)10-6-5-8(14)7-11(10)15/h5-7,9,12,16H,4H2,1-3H3. The van der Waals surface area contributed by atoms with Crippen molar-refractivity contribution in [1.82, 2.24) is 5.32 Å². The maximum Gasteiger partial charge on any atom is 0.310 e. The van der Waals surface area contributed by atoms with Crippen molar-refractivity contribution in [3.8, 4) is 0 Å². The van der Waals surface area contributed by atoms with Crippen molar-refractivity contribution in [2.24, 2.45) is 5.92 Å². The van der Waals surface area contributed by atoms with Crippen molar-refractivity contribution in [2.75, 3.05) is 14.2 Å². The lowest BCUT2D eigenvalue weighted by Gasteiger charge is -2.24. The second kappa shape index (κ2) is 6.44. The molecule has 1 aromatic carbocycles. The molecule has 0 saturated carbocycles. The number of carbonyl (C=O) groups is 1. The van der Waals surface area contributed by atoms with Crippen LogP contribution in [-0.4, -0.2) is 20.1 Å². The number of rotatable bonds is 5. The number of ether oxygens (including phenoxy) is 1. The van der Waals surface area contributed by atoms with Gasteiger partial charge in [-0.3, -0.25) is 4.79 Å². The Morgan fingerprint density at radius 3 is 2.56 bits per heavy atom. The minimum Gasteiger partial charge on any atom is -0.469 e. The lowest BCUT2D eigenvalue weighted by Crippen LogP contribution is -2.32. The van der Waals surface area contributed by atoms with Crippen molar-refractivity contribution in [3.05, 3.63) is 35.4 Å². The van der Waals surface area contributed by atoms with Crippen LogP contribution in [0.5, 0.6) is 0 Å². The largest absolute Gasteiger partial charge is 0.469 e. The molecule has 1 aromatic rings. The molecule has 2 atom stereocenters. The normalized spacial score (nSPS) is 14.1. The average Bonchev–Trinajstić information content (AvgIpc) is 2.36. The SMILES string of the molecule is CCC(C(=O)OC)C(NC)c1ccc(F)cc1F. The molecule has 1 rings (SSSR count). The summed E-state index contributed by atoms with van der Waals surface area (Å²) >= 11 is 0. The third-order valence-corrected chi connectivity index (χ3v) is 2.95. The van der Waals surface area contributed by atoms with Crippen molar-refractivity contribution < 1.29 is 18.3 Å². The molecule has 3 nitrogen and oxygen atoms in total. The number of nitrogens with one attached hydrogen (secondary N) is 1. The average molecular weight is 257 g/mol. The van der Waals surface area contributed by atoms with Gasteiger partial charge in [0.2, 0.25) is 0 Å². The first-order valence-electron chi connectivity index (χ1n) is 5.75. The van der Waals surface area contributed by atoms with E-state index in [0.29, 0.717) is 6.42 Å². The summed E-state index contributed by atoms with van der Waals surface area (Å²) < 4.78 is 31.3. The van der Waals surface area contributed by atoms with Crippen molar-refractivity contribution in [2.45, 2.75) is 19.4 Å². The zero-order valence-corrected chi connectivity index (χ0v) is 10.7. The Hall–Kier alpha value is -1.49. The molecule has 0 aromatic heterocycles. The maximum absolute atomic E-state index is 13.7. The van der Waals surface area contributed by atoms with Gasteiger partial charge in [0.25, 0.3) is 0 Å². The summed E-state index contributed by atoms with van der Waals surface area (Å²) in [6.07, 6.45) is 0.495. The molecule has 0 heterocycles. The van der Waals surface area contributed by atoms with E-state index in [1.165, 1.54) is 19.2 Å². The van der Waals surface area contributed by atoms with E-state index >= 15 is 0 Å². The van der Waals surface area contributed by atoms with Gasteiger partial charge in [-0.1, -0.05) is 13.0 Å².